The van der Waals surface area contributed by atoms with Gasteiger partial charge in [0.1, 0.15) is 0 Å². The zero-order valence-electron chi connectivity index (χ0n) is 17.2. The van der Waals surface area contributed by atoms with Crippen molar-refractivity contribution in [3.05, 3.63) is 29.3 Å². The predicted molar refractivity (Wildman–Crippen MR) is 109 cm³/mol. The molecular formula is C21H32N2O4S. The second-order valence-electron chi connectivity index (χ2n) is 8.00. The van der Waals surface area contributed by atoms with E-state index in [0.717, 1.165) is 31.4 Å². The smallest absolute Gasteiger partial charge is 0.254 e. The van der Waals surface area contributed by atoms with Gasteiger partial charge >= 0.3 is 0 Å². The summed E-state index contributed by atoms with van der Waals surface area (Å²) in [6.07, 6.45) is 3.75. The van der Waals surface area contributed by atoms with Gasteiger partial charge in [-0.1, -0.05) is 26.8 Å². The molecule has 2 fully saturated rings. The van der Waals surface area contributed by atoms with E-state index in [-0.39, 0.29) is 16.8 Å². The number of ether oxygens (including phenoxy) is 1. The van der Waals surface area contributed by atoms with Crippen LogP contribution in [0.1, 0.15) is 56.0 Å². The van der Waals surface area contributed by atoms with Crippen molar-refractivity contribution in [2.75, 3.05) is 32.8 Å². The van der Waals surface area contributed by atoms with E-state index in [1.165, 1.54) is 4.31 Å². The monoisotopic (exact) mass is 408 g/mol. The second-order valence-corrected chi connectivity index (χ2v) is 9.90. The van der Waals surface area contributed by atoms with Crippen molar-refractivity contribution in [1.29, 1.82) is 0 Å². The van der Waals surface area contributed by atoms with Crippen LogP contribution < -0.4 is 0 Å². The van der Waals surface area contributed by atoms with Gasteiger partial charge in [0.2, 0.25) is 10.0 Å². The number of carbonyl (C=O) groups is 1. The summed E-state index contributed by atoms with van der Waals surface area (Å²) in [6, 6.07) is 5.39. The van der Waals surface area contributed by atoms with E-state index in [9.17, 15) is 13.2 Å². The summed E-state index contributed by atoms with van der Waals surface area (Å²) in [5, 5.41) is 0. The Kier molecular flexibility index (Phi) is 6.78. The molecule has 0 radical (unpaired) electrons. The minimum atomic E-state index is -3.64. The Hall–Kier alpha value is -1.44. The third-order valence-corrected chi connectivity index (χ3v) is 7.84. The van der Waals surface area contributed by atoms with Crippen molar-refractivity contribution >= 4 is 15.9 Å². The van der Waals surface area contributed by atoms with Crippen molar-refractivity contribution in [1.82, 2.24) is 9.21 Å². The Morgan fingerprint density at radius 3 is 2.54 bits per heavy atom. The lowest BCUT2D eigenvalue weighted by molar-refractivity contribution is 0.0543. The molecule has 2 aliphatic heterocycles. The van der Waals surface area contributed by atoms with Crippen LogP contribution in [0.2, 0.25) is 0 Å². The molecule has 1 aromatic rings. The highest BCUT2D eigenvalue weighted by Gasteiger charge is 2.32. The number of sulfonamides is 1. The summed E-state index contributed by atoms with van der Waals surface area (Å²) in [5.74, 6) is 0.329. The van der Waals surface area contributed by atoms with Gasteiger partial charge in [0, 0.05) is 31.2 Å². The standard InChI is InChI=1S/C21H32N2O4S/c1-4-17-8-9-18(21(24)23-10-6-5-7-19(23)16(2)3)15-20(17)28(25,26)22-11-13-27-14-12-22/h8-9,15-16,19H,4-7,10-14H2,1-3H3. The van der Waals surface area contributed by atoms with E-state index < -0.39 is 10.0 Å². The highest BCUT2D eigenvalue weighted by molar-refractivity contribution is 7.89. The summed E-state index contributed by atoms with van der Waals surface area (Å²) in [4.78, 5) is 15.5. The summed E-state index contributed by atoms with van der Waals surface area (Å²) in [6.45, 7) is 8.48. The molecule has 0 aliphatic carbocycles. The Morgan fingerprint density at radius 1 is 1.18 bits per heavy atom. The molecule has 1 aromatic carbocycles. The first-order valence-electron chi connectivity index (χ1n) is 10.4. The lowest BCUT2D eigenvalue weighted by Crippen LogP contribution is -2.46. The van der Waals surface area contributed by atoms with Crippen LogP contribution in [-0.4, -0.2) is 62.4 Å². The molecule has 0 aromatic heterocycles. The molecule has 28 heavy (non-hydrogen) atoms. The fraction of sp³-hybridized carbons (Fsp3) is 0.667. The molecule has 1 amide bonds. The Labute approximate surface area is 168 Å². The van der Waals surface area contributed by atoms with Gasteiger partial charge in [-0.2, -0.15) is 4.31 Å². The van der Waals surface area contributed by atoms with Crippen LogP contribution in [-0.2, 0) is 21.2 Å². The first kappa shape index (κ1) is 21.3. The normalized spacial score (nSPS) is 21.9. The van der Waals surface area contributed by atoms with Gasteiger partial charge in [0.15, 0.2) is 0 Å². The maximum Gasteiger partial charge on any atom is 0.254 e. The van der Waals surface area contributed by atoms with Crippen molar-refractivity contribution in [2.24, 2.45) is 5.92 Å². The number of benzene rings is 1. The number of carbonyl (C=O) groups excluding carboxylic acids is 1. The van der Waals surface area contributed by atoms with Gasteiger partial charge in [-0.05, 0) is 49.3 Å². The minimum Gasteiger partial charge on any atom is -0.379 e. The van der Waals surface area contributed by atoms with Gasteiger partial charge < -0.3 is 9.64 Å². The van der Waals surface area contributed by atoms with Gasteiger partial charge in [0.05, 0.1) is 18.1 Å². The van der Waals surface area contributed by atoms with Crippen LogP contribution in [0.3, 0.4) is 0 Å². The Balaban J connectivity index is 1.95. The van der Waals surface area contributed by atoms with Crippen LogP contribution >= 0.6 is 0 Å². The highest BCUT2D eigenvalue weighted by atomic mass is 32.2. The maximum absolute atomic E-state index is 13.3. The van der Waals surface area contributed by atoms with Crippen molar-refractivity contribution < 1.29 is 17.9 Å². The maximum atomic E-state index is 13.3. The first-order valence-corrected chi connectivity index (χ1v) is 11.8. The van der Waals surface area contributed by atoms with E-state index in [0.29, 0.717) is 44.2 Å². The molecule has 3 rings (SSSR count). The van der Waals surface area contributed by atoms with Crippen LogP contribution in [0.25, 0.3) is 0 Å². The zero-order chi connectivity index (χ0) is 20.3. The molecule has 2 heterocycles. The average Bonchev–Trinajstić information content (AvgIpc) is 2.73. The molecule has 0 saturated carbocycles. The van der Waals surface area contributed by atoms with Gasteiger partial charge in [-0.3, -0.25) is 4.79 Å². The molecule has 156 valence electrons. The number of amides is 1. The third kappa shape index (κ3) is 4.26. The predicted octanol–water partition coefficient (Wildman–Crippen LogP) is 2.92. The summed E-state index contributed by atoms with van der Waals surface area (Å²) in [5.41, 5.74) is 1.22. The fourth-order valence-electron chi connectivity index (χ4n) is 4.21. The van der Waals surface area contributed by atoms with E-state index in [1.807, 2.05) is 11.8 Å². The van der Waals surface area contributed by atoms with Crippen LogP contribution in [0.5, 0.6) is 0 Å². The lowest BCUT2D eigenvalue weighted by Gasteiger charge is -2.38. The average molecular weight is 409 g/mol. The number of rotatable bonds is 5. The SMILES string of the molecule is CCc1ccc(C(=O)N2CCCCC2C(C)C)cc1S(=O)(=O)N1CCOCC1. The molecule has 1 unspecified atom stereocenters. The molecule has 0 bridgehead atoms. The van der Waals surface area contributed by atoms with E-state index in [4.69, 9.17) is 4.74 Å². The van der Waals surface area contributed by atoms with Crippen LogP contribution in [0, 0.1) is 5.92 Å². The second kappa shape index (κ2) is 8.93. The molecule has 0 N–H and O–H groups in total. The molecule has 2 aliphatic rings. The van der Waals surface area contributed by atoms with Crippen LogP contribution in [0.15, 0.2) is 23.1 Å². The number of morpholine rings is 1. The summed E-state index contributed by atoms with van der Waals surface area (Å²) in [7, 11) is -3.64. The first-order chi connectivity index (χ1) is 13.4. The van der Waals surface area contributed by atoms with Gasteiger partial charge in [-0.15, -0.1) is 0 Å². The molecule has 6 nitrogen and oxygen atoms in total. The highest BCUT2D eigenvalue weighted by Crippen LogP contribution is 2.28. The summed E-state index contributed by atoms with van der Waals surface area (Å²) >= 11 is 0. The fourth-order valence-corrected chi connectivity index (χ4v) is 5.94. The molecular weight excluding hydrogens is 376 g/mol. The quantitative estimate of drug-likeness (QED) is 0.751. The molecule has 1 atom stereocenters. The minimum absolute atomic E-state index is 0.0560. The van der Waals surface area contributed by atoms with Gasteiger partial charge in [0.25, 0.3) is 5.91 Å². The Morgan fingerprint density at radius 2 is 1.89 bits per heavy atom. The summed E-state index contributed by atoms with van der Waals surface area (Å²) < 4.78 is 33.2. The number of piperidine rings is 1. The molecule has 7 heteroatoms. The molecule has 2 saturated heterocycles. The van der Waals surface area contributed by atoms with Crippen molar-refractivity contribution in [3.63, 3.8) is 0 Å². The largest absolute Gasteiger partial charge is 0.379 e. The molecule has 0 spiro atoms. The number of aryl methyl sites for hydroxylation is 1. The van der Waals surface area contributed by atoms with Gasteiger partial charge in [-0.25, -0.2) is 8.42 Å². The van der Waals surface area contributed by atoms with E-state index in [1.54, 1.807) is 18.2 Å². The van der Waals surface area contributed by atoms with E-state index >= 15 is 0 Å². The van der Waals surface area contributed by atoms with Crippen molar-refractivity contribution in [2.45, 2.75) is 57.4 Å². The lowest BCUT2D eigenvalue weighted by atomic mass is 9.92. The van der Waals surface area contributed by atoms with E-state index in [2.05, 4.69) is 13.8 Å². The van der Waals surface area contributed by atoms with Crippen LogP contribution in [0.4, 0.5) is 0 Å². The topological polar surface area (TPSA) is 66.9 Å². The number of nitrogens with zero attached hydrogens (tertiary/aromatic N) is 2. The number of hydrogen-bond donors (Lipinski definition) is 0. The number of hydrogen-bond acceptors (Lipinski definition) is 4. The zero-order valence-corrected chi connectivity index (χ0v) is 18.0. The van der Waals surface area contributed by atoms with Crippen molar-refractivity contribution in [3.8, 4) is 0 Å². The third-order valence-electron chi connectivity index (χ3n) is 5.86. The Bertz CT molecular complexity index is 801. The number of likely N-dealkylation sites (tertiary alicyclic amines) is 1.